The van der Waals surface area contributed by atoms with E-state index in [2.05, 4.69) is 0 Å². The molecule has 0 saturated heterocycles. The monoisotopic (exact) mass is 504 g/mol. The van der Waals surface area contributed by atoms with E-state index in [1.165, 1.54) is 0 Å². The summed E-state index contributed by atoms with van der Waals surface area (Å²) >= 11 is 0. The molecule has 35 heavy (non-hydrogen) atoms. The molecule has 0 heterocycles. The van der Waals surface area contributed by atoms with Gasteiger partial charge in [0, 0.05) is 51.5 Å². The molecule has 0 saturated carbocycles. The number of hydrogen-bond donors (Lipinski definition) is 4. The van der Waals surface area contributed by atoms with Gasteiger partial charge in [0.05, 0.1) is 25.7 Å². The molecule has 0 aliphatic carbocycles. The molecule has 11 heteroatoms. The van der Waals surface area contributed by atoms with Crippen molar-refractivity contribution in [3.63, 3.8) is 0 Å². The van der Waals surface area contributed by atoms with Crippen LogP contribution in [0.25, 0.3) is 0 Å². The molecule has 4 atom stereocenters. The standard InChI is InChI=1S/C24H44N2O9/c1-17(13-19(3)25(9-5-21(27)28)10-6-22(29)30)15-35-16-18(2)14-20(4)26(11-7-23(31)32)12-8-24(33)34/h17-20H,5-16H2,1-4H3,(H,27,28)(H,29,30)(H,31,32)(H,33,34). The van der Waals surface area contributed by atoms with Crippen molar-refractivity contribution in [2.24, 2.45) is 11.8 Å². The second kappa shape index (κ2) is 18.1. The lowest BCUT2D eigenvalue weighted by Crippen LogP contribution is -2.38. The van der Waals surface area contributed by atoms with E-state index in [0.29, 0.717) is 39.4 Å². The van der Waals surface area contributed by atoms with Gasteiger partial charge in [0.15, 0.2) is 0 Å². The van der Waals surface area contributed by atoms with Gasteiger partial charge in [0.2, 0.25) is 0 Å². The summed E-state index contributed by atoms with van der Waals surface area (Å²) in [6, 6.07) is 0.0311. The Hall–Kier alpha value is -2.24. The zero-order valence-corrected chi connectivity index (χ0v) is 21.5. The van der Waals surface area contributed by atoms with Gasteiger partial charge in [-0.25, -0.2) is 0 Å². The van der Waals surface area contributed by atoms with Crippen molar-refractivity contribution in [2.45, 2.75) is 78.3 Å². The maximum absolute atomic E-state index is 10.9. The van der Waals surface area contributed by atoms with Gasteiger partial charge in [-0.2, -0.15) is 0 Å². The number of carboxylic acids is 4. The van der Waals surface area contributed by atoms with E-state index in [4.69, 9.17) is 25.2 Å². The molecule has 0 bridgehead atoms. The van der Waals surface area contributed by atoms with Crippen LogP contribution in [0.1, 0.15) is 66.2 Å². The first-order valence-electron chi connectivity index (χ1n) is 12.2. The van der Waals surface area contributed by atoms with Crippen LogP contribution < -0.4 is 0 Å². The van der Waals surface area contributed by atoms with Crippen molar-refractivity contribution in [1.29, 1.82) is 0 Å². The van der Waals surface area contributed by atoms with E-state index in [9.17, 15) is 19.2 Å². The Bertz CT molecular complexity index is 569. The summed E-state index contributed by atoms with van der Waals surface area (Å²) in [5, 5.41) is 35.8. The third-order valence-corrected chi connectivity index (χ3v) is 5.99. The second-order valence-electron chi connectivity index (χ2n) is 9.56. The van der Waals surface area contributed by atoms with E-state index in [0.717, 1.165) is 12.8 Å². The van der Waals surface area contributed by atoms with Crippen molar-refractivity contribution in [3.05, 3.63) is 0 Å². The molecule has 0 aromatic carbocycles. The summed E-state index contributed by atoms with van der Waals surface area (Å²) in [5.74, 6) is -3.28. The molecule has 204 valence electrons. The van der Waals surface area contributed by atoms with Crippen LogP contribution in [0.4, 0.5) is 0 Å². The van der Waals surface area contributed by atoms with Crippen LogP contribution in [0.3, 0.4) is 0 Å². The number of rotatable bonds is 22. The van der Waals surface area contributed by atoms with Crippen LogP contribution >= 0.6 is 0 Å². The molecule has 0 aromatic rings. The number of ether oxygens (including phenoxy) is 1. The van der Waals surface area contributed by atoms with Gasteiger partial charge in [-0.3, -0.25) is 29.0 Å². The molecule has 0 rings (SSSR count). The Morgan fingerprint density at radius 2 is 0.829 bits per heavy atom. The molecule has 0 radical (unpaired) electrons. The SMILES string of the molecule is CC(COCC(C)CC(C)N(CCC(=O)O)CCC(=O)O)CC(C)N(CCC(=O)O)CCC(=O)O. The smallest absolute Gasteiger partial charge is 0.304 e. The lowest BCUT2D eigenvalue weighted by Gasteiger charge is -2.31. The minimum Gasteiger partial charge on any atom is -0.481 e. The zero-order chi connectivity index (χ0) is 27.0. The van der Waals surface area contributed by atoms with Crippen molar-refractivity contribution >= 4 is 23.9 Å². The third-order valence-electron chi connectivity index (χ3n) is 5.99. The number of hydrogen-bond acceptors (Lipinski definition) is 7. The first-order valence-corrected chi connectivity index (χ1v) is 12.2. The highest BCUT2D eigenvalue weighted by Crippen LogP contribution is 2.16. The molecule has 0 spiro atoms. The van der Waals surface area contributed by atoms with E-state index in [-0.39, 0.29) is 49.6 Å². The molecule has 11 nitrogen and oxygen atoms in total. The van der Waals surface area contributed by atoms with Crippen LogP contribution in [0, 0.1) is 11.8 Å². The van der Waals surface area contributed by atoms with Crippen LogP contribution in [0.15, 0.2) is 0 Å². The molecule has 0 aliphatic heterocycles. The summed E-state index contributed by atoms with van der Waals surface area (Å²) in [6.07, 6.45) is 1.31. The highest BCUT2D eigenvalue weighted by Gasteiger charge is 2.21. The van der Waals surface area contributed by atoms with Crippen LogP contribution in [-0.4, -0.2) is 106 Å². The van der Waals surface area contributed by atoms with Gasteiger partial charge in [0.25, 0.3) is 0 Å². The minimum atomic E-state index is -0.915. The zero-order valence-electron chi connectivity index (χ0n) is 21.5. The number of carbonyl (C=O) groups is 4. The highest BCUT2D eigenvalue weighted by molar-refractivity contribution is 5.68. The average Bonchev–Trinajstić information content (AvgIpc) is 2.72. The highest BCUT2D eigenvalue weighted by atomic mass is 16.5. The molecule has 0 aromatic heterocycles. The molecule has 4 unspecified atom stereocenters. The number of aliphatic carboxylic acids is 4. The van der Waals surface area contributed by atoms with Gasteiger partial charge in [-0.1, -0.05) is 13.8 Å². The number of carboxylic acid groups (broad SMARTS) is 4. The fraction of sp³-hybridized carbons (Fsp3) is 0.833. The van der Waals surface area contributed by atoms with Crippen LogP contribution in [0.5, 0.6) is 0 Å². The third kappa shape index (κ3) is 17.8. The summed E-state index contributed by atoms with van der Waals surface area (Å²) in [4.78, 5) is 47.5. The molecule has 0 fully saturated rings. The van der Waals surface area contributed by atoms with E-state index >= 15 is 0 Å². The van der Waals surface area contributed by atoms with Crippen LogP contribution in [-0.2, 0) is 23.9 Å². The predicted molar refractivity (Wildman–Crippen MR) is 129 cm³/mol. The van der Waals surface area contributed by atoms with Crippen LogP contribution in [0.2, 0.25) is 0 Å². The van der Waals surface area contributed by atoms with Crippen molar-refractivity contribution in [1.82, 2.24) is 9.80 Å². The first kappa shape index (κ1) is 32.8. The Kier molecular flexibility index (Phi) is 16.9. The Balaban J connectivity index is 4.56. The van der Waals surface area contributed by atoms with Gasteiger partial charge in [-0.05, 0) is 38.5 Å². The van der Waals surface area contributed by atoms with Crippen molar-refractivity contribution in [3.8, 4) is 0 Å². The summed E-state index contributed by atoms with van der Waals surface area (Å²) in [7, 11) is 0. The summed E-state index contributed by atoms with van der Waals surface area (Å²) in [6.45, 7) is 10.2. The van der Waals surface area contributed by atoms with E-state index in [1.54, 1.807) is 0 Å². The number of nitrogens with zero attached hydrogens (tertiary/aromatic N) is 2. The fourth-order valence-corrected chi connectivity index (χ4v) is 4.13. The van der Waals surface area contributed by atoms with Crippen molar-refractivity contribution < 1.29 is 44.3 Å². The molecule has 4 N–H and O–H groups in total. The molecular formula is C24H44N2O9. The lowest BCUT2D eigenvalue weighted by molar-refractivity contribution is -0.139. The van der Waals surface area contributed by atoms with Crippen molar-refractivity contribution in [2.75, 3.05) is 39.4 Å². The molecular weight excluding hydrogens is 460 g/mol. The van der Waals surface area contributed by atoms with Gasteiger partial charge < -0.3 is 25.2 Å². The van der Waals surface area contributed by atoms with Gasteiger partial charge in [-0.15, -0.1) is 0 Å². The van der Waals surface area contributed by atoms with E-state index < -0.39 is 23.9 Å². The van der Waals surface area contributed by atoms with E-state index in [1.807, 2.05) is 37.5 Å². The Morgan fingerprint density at radius 3 is 1.06 bits per heavy atom. The maximum atomic E-state index is 10.9. The Labute approximate surface area is 208 Å². The molecule has 0 amide bonds. The largest absolute Gasteiger partial charge is 0.481 e. The maximum Gasteiger partial charge on any atom is 0.304 e. The normalized spacial score (nSPS) is 15.0. The summed E-state index contributed by atoms with van der Waals surface area (Å²) in [5.41, 5.74) is 0. The summed E-state index contributed by atoms with van der Waals surface area (Å²) < 4.78 is 5.90. The quantitative estimate of drug-likeness (QED) is 0.171. The lowest BCUT2D eigenvalue weighted by atomic mass is 10.0. The average molecular weight is 505 g/mol. The molecule has 0 aliphatic rings. The first-order chi connectivity index (χ1) is 16.3. The predicted octanol–water partition coefficient (Wildman–Crippen LogP) is 2.34. The Morgan fingerprint density at radius 1 is 0.571 bits per heavy atom. The minimum absolute atomic E-state index is 0.0155. The van der Waals surface area contributed by atoms with Gasteiger partial charge >= 0.3 is 23.9 Å². The topological polar surface area (TPSA) is 165 Å². The fourth-order valence-electron chi connectivity index (χ4n) is 4.13. The second-order valence-corrected chi connectivity index (χ2v) is 9.56. The van der Waals surface area contributed by atoms with Gasteiger partial charge in [0.1, 0.15) is 0 Å².